The molecule has 0 aromatic carbocycles. The molecule has 0 aromatic heterocycles. The van der Waals surface area contributed by atoms with Crippen molar-refractivity contribution in [3.8, 4) is 0 Å². The number of hydrogen-bond donors (Lipinski definition) is 0. The van der Waals surface area contributed by atoms with Crippen LogP contribution in [0, 0.1) is 0 Å². The van der Waals surface area contributed by atoms with Crippen molar-refractivity contribution in [1.29, 1.82) is 0 Å². The van der Waals surface area contributed by atoms with E-state index in [9.17, 15) is 0 Å². The monoisotopic (exact) mass is 268 g/mol. The molecule has 0 aliphatic rings. The molecule has 0 spiro atoms. The van der Waals surface area contributed by atoms with Gasteiger partial charge in [0.25, 0.3) is 0 Å². The minimum Gasteiger partial charge on any atom is -0.0892 e. The Morgan fingerprint density at radius 1 is 0.778 bits per heavy atom. The molecule has 0 nitrogen and oxygen atoms in total. The Bertz CT molecular complexity index is 210. The Hall–Kier alpha value is -0.0431. The summed E-state index contributed by atoms with van der Waals surface area (Å²) < 4.78 is 0. The second-order valence-electron chi connectivity index (χ2n) is 6.64. The zero-order chi connectivity index (χ0) is 13.9. The van der Waals surface area contributed by atoms with E-state index in [2.05, 4.69) is 39.6 Å². The van der Waals surface area contributed by atoms with Crippen LogP contribution in [0.1, 0.15) is 78.1 Å². The van der Waals surface area contributed by atoms with Crippen molar-refractivity contribution in [1.82, 2.24) is 0 Å². The van der Waals surface area contributed by atoms with Crippen LogP contribution in [0.2, 0.25) is 19.6 Å². The van der Waals surface area contributed by atoms with Crippen LogP contribution in [-0.4, -0.2) is 8.07 Å². The largest absolute Gasteiger partial charge is 0.0892 e. The fourth-order valence-corrected chi connectivity index (χ4v) is 4.06. The highest BCUT2D eigenvalue weighted by atomic mass is 28.3. The highest BCUT2D eigenvalue weighted by Crippen LogP contribution is 2.22. The number of hydrogen-bond acceptors (Lipinski definition) is 0. The van der Waals surface area contributed by atoms with Crippen molar-refractivity contribution < 1.29 is 0 Å². The summed E-state index contributed by atoms with van der Waals surface area (Å²) in [7, 11) is -1.05. The SMILES string of the molecule is CCCCCC/C=C(/CCCCCC)[Si](C)(C)C. The van der Waals surface area contributed by atoms with Gasteiger partial charge in [0.05, 0.1) is 8.07 Å². The maximum Gasteiger partial charge on any atom is 0.0720 e. The van der Waals surface area contributed by atoms with Crippen LogP contribution in [0.4, 0.5) is 0 Å². The summed E-state index contributed by atoms with van der Waals surface area (Å²) >= 11 is 0. The van der Waals surface area contributed by atoms with Gasteiger partial charge in [-0.1, -0.05) is 83.3 Å². The average Bonchev–Trinajstić information content (AvgIpc) is 2.30. The second kappa shape index (κ2) is 10.8. The fraction of sp³-hybridized carbons (Fsp3) is 0.882. The molecule has 108 valence electrons. The topological polar surface area (TPSA) is 0 Å². The first-order valence-corrected chi connectivity index (χ1v) is 11.7. The van der Waals surface area contributed by atoms with E-state index in [4.69, 9.17) is 0 Å². The van der Waals surface area contributed by atoms with E-state index < -0.39 is 8.07 Å². The number of rotatable bonds is 11. The van der Waals surface area contributed by atoms with Gasteiger partial charge in [-0.25, -0.2) is 0 Å². The molecule has 0 bridgehead atoms. The van der Waals surface area contributed by atoms with Gasteiger partial charge in [0.15, 0.2) is 0 Å². The lowest BCUT2D eigenvalue weighted by atomic mass is 10.1. The molecule has 0 aromatic rings. The van der Waals surface area contributed by atoms with Gasteiger partial charge in [0.1, 0.15) is 0 Å². The molecule has 0 amide bonds. The van der Waals surface area contributed by atoms with Crippen LogP contribution in [0.15, 0.2) is 11.3 Å². The number of allylic oxidation sites excluding steroid dienone is 2. The van der Waals surface area contributed by atoms with E-state index in [1.807, 2.05) is 5.20 Å². The Kier molecular flexibility index (Phi) is 10.8. The number of unbranched alkanes of at least 4 members (excludes halogenated alkanes) is 7. The maximum atomic E-state index is 2.60. The van der Waals surface area contributed by atoms with Gasteiger partial charge >= 0.3 is 0 Å². The molecule has 0 aliphatic carbocycles. The third-order valence-electron chi connectivity index (χ3n) is 3.71. The zero-order valence-corrected chi connectivity index (χ0v) is 14.6. The molecular formula is C17H36Si. The normalized spacial score (nSPS) is 13.1. The predicted octanol–water partition coefficient (Wildman–Crippen LogP) is 6.73. The summed E-state index contributed by atoms with van der Waals surface area (Å²) in [4.78, 5) is 0. The molecular weight excluding hydrogens is 232 g/mol. The smallest absolute Gasteiger partial charge is 0.0720 e. The molecule has 0 heterocycles. The van der Waals surface area contributed by atoms with Gasteiger partial charge in [-0.15, -0.1) is 0 Å². The Labute approximate surface area is 117 Å². The summed E-state index contributed by atoms with van der Waals surface area (Å²) in [6.07, 6.45) is 16.5. The van der Waals surface area contributed by atoms with Gasteiger partial charge < -0.3 is 0 Å². The average molecular weight is 269 g/mol. The molecule has 0 aliphatic heterocycles. The summed E-state index contributed by atoms with van der Waals surface area (Å²) in [6, 6.07) is 0. The van der Waals surface area contributed by atoms with Crippen molar-refractivity contribution in [3.05, 3.63) is 11.3 Å². The maximum absolute atomic E-state index is 2.60. The summed E-state index contributed by atoms with van der Waals surface area (Å²) in [6.45, 7) is 12.1. The quantitative estimate of drug-likeness (QED) is 0.288. The molecule has 0 saturated carbocycles. The van der Waals surface area contributed by atoms with Gasteiger partial charge in [-0.05, 0) is 25.7 Å². The van der Waals surface area contributed by atoms with E-state index in [0.717, 1.165) is 0 Å². The molecule has 0 saturated heterocycles. The van der Waals surface area contributed by atoms with Gasteiger partial charge in [-0.2, -0.15) is 0 Å². The Balaban J connectivity index is 4.02. The lowest BCUT2D eigenvalue weighted by Gasteiger charge is -2.21. The lowest BCUT2D eigenvalue weighted by molar-refractivity contribution is 0.661. The first kappa shape index (κ1) is 18.0. The van der Waals surface area contributed by atoms with Gasteiger partial charge in [-0.3, -0.25) is 0 Å². The van der Waals surface area contributed by atoms with E-state index >= 15 is 0 Å². The molecule has 0 N–H and O–H groups in total. The van der Waals surface area contributed by atoms with Crippen LogP contribution in [0.3, 0.4) is 0 Å². The molecule has 0 rings (SSSR count). The van der Waals surface area contributed by atoms with Gasteiger partial charge in [0.2, 0.25) is 0 Å². The van der Waals surface area contributed by atoms with Crippen LogP contribution in [-0.2, 0) is 0 Å². The first-order valence-electron chi connectivity index (χ1n) is 8.21. The first-order chi connectivity index (χ1) is 8.52. The molecule has 18 heavy (non-hydrogen) atoms. The Morgan fingerprint density at radius 3 is 1.83 bits per heavy atom. The van der Waals surface area contributed by atoms with Crippen LogP contribution in [0.5, 0.6) is 0 Å². The third-order valence-corrected chi connectivity index (χ3v) is 6.09. The van der Waals surface area contributed by atoms with Crippen LogP contribution < -0.4 is 0 Å². The van der Waals surface area contributed by atoms with Crippen LogP contribution >= 0.6 is 0 Å². The van der Waals surface area contributed by atoms with Crippen LogP contribution in [0.25, 0.3) is 0 Å². The molecule has 0 radical (unpaired) electrons. The third kappa shape index (κ3) is 9.93. The molecule has 0 fully saturated rings. The standard InChI is InChI=1S/C17H36Si/c1-6-8-10-12-14-16-17(18(3,4)5)15-13-11-9-7-2/h16H,6-15H2,1-5H3/b17-16-. The van der Waals surface area contributed by atoms with E-state index in [0.29, 0.717) is 0 Å². The summed E-state index contributed by atoms with van der Waals surface area (Å²) in [5, 5.41) is 1.83. The molecule has 0 unspecified atom stereocenters. The minimum absolute atomic E-state index is 1.05. The van der Waals surface area contributed by atoms with Gasteiger partial charge in [0, 0.05) is 0 Å². The van der Waals surface area contributed by atoms with E-state index in [1.165, 1.54) is 64.2 Å². The molecule has 1 heteroatoms. The van der Waals surface area contributed by atoms with E-state index in [1.54, 1.807) is 0 Å². The van der Waals surface area contributed by atoms with E-state index in [-0.39, 0.29) is 0 Å². The van der Waals surface area contributed by atoms with Crippen molar-refractivity contribution in [2.24, 2.45) is 0 Å². The zero-order valence-electron chi connectivity index (χ0n) is 13.6. The lowest BCUT2D eigenvalue weighted by Crippen LogP contribution is -2.24. The van der Waals surface area contributed by atoms with Crippen molar-refractivity contribution in [3.63, 3.8) is 0 Å². The Morgan fingerprint density at radius 2 is 1.33 bits per heavy atom. The second-order valence-corrected chi connectivity index (χ2v) is 11.8. The summed E-state index contributed by atoms with van der Waals surface area (Å²) in [5.74, 6) is 0. The predicted molar refractivity (Wildman–Crippen MR) is 88.9 cm³/mol. The molecule has 0 atom stereocenters. The highest BCUT2D eigenvalue weighted by Gasteiger charge is 2.18. The van der Waals surface area contributed by atoms with Crippen molar-refractivity contribution in [2.75, 3.05) is 0 Å². The minimum atomic E-state index is -1.05. The highest BCUT2D eigenvalue weighted by molar-refractivity contribution is 6.83. The van der Waals surface area contributed by atoms with Crippen molar-refractivity contribution >= 4 is 8.07 Å². The fourth-order valence-electron chi connectivity index (χ4n) is 2.37. The van der Waals surface area contributed by atoms with Crippen molar-refractivity contribution in [2.45, 2.75) is 97.7 Å². The summed E-state index contributed by atoms with van der Waals surface area (Å²) in [5.41, 5.74) is 0.